The van der Waals surface area contributed by atoms with Crippen molar-refractivity contribution in [1.82, 2.24) is 4.90 Å². The van der Waals surface area contributed by atoms with Crippen molar-refractivity contribution in [2.45, 2.75) is 24.8 Å². The molecule has 0 atom stereocenters. The summed E-state index contributed by atoms with van der Waals surface area (Å²) in [6, 6.07) is 16.5. The smallest absolute Gasteiger partial charge is 0.0642 e. The van der Waals surface area contributed by atoms with Gasteiger partial charge in [-0.25, -0.2) is 0 Å². The molecule has 4 aliphatic rings. The molecule has 6 rings (SSSR count). The highest BCUT2D eigenvalue weighted by Crippen LogP contribution is 2.47. The first-order valence-corrected chi connectivity index (χ1v) is 10.8. The summed E-state index contributed by atoms with van der Waals surface area (Å²) in [6.07, 6.45) is 2.47. The molecule has 2 aromatic rings. The third-order valence-electron chi connectivity index (χ3n) is 6.48. The fraction of sp³-hybridized carbons (Fsp3) is 0.455. The van der Waals surface area contributed by atoms with Gasteiger partial charge in [0.15, 0.2) is 0 Å². The second-order valence-electron chi connectivity index (χ2n) is 7.81. The lowest BCUT2D eigenvalue weighted by Crippen LogP contribution is -2.39. The van der Waals surface area contributed by atoms with Crippen molar-refractivity contribution < 1.29 is 4.74 Å². The van der Waals surface area contributed by atoms with Crippen LogP contribution in [0.5, 0.6) is 0 Å². The highest BCUT2D eigenvalue weighted by atomic mass is 127. The van der Waals surface area contributed by atoms with E-state index in [4.69, 9.17) is 4.74 Å². The van der Waals surface area contributed by atoms with Gasteiger partial charge in [-0.05, 0) is 89.5 Å². The zero-order valence-corrected chi connectivity index (χ0v) is 17.2. The monoisotopic (exact) mass is 460 g/mol. The van der Waals surface area contributed by atoms with E-state index in [1.54, 1.807) is 5.56 Å². The van der Waals surface area contributed by atoms with Gasteiger partial charge in [0.1, 0.15) is 0 Å². The van der Waals surface area contributed by atoms with Crippen LogP contribution in [0.15, 0.2) is 42.5 Å². The van der Waals surface area contributed by atoms with Crippen LogP contribution in [0.3, 0.4) is 0 Å². The minimum Gasteiger partial charge on any atom is -0.378 e. The quantitative estimate of drug-likeness (QED) is 0.630. The summed E-state index contributed by atoms with van der Waals surface area (Å²) >= 11 is 2.41. The van der Waals surface area contributed by atoms with Gasteiger partial charge in [-0.15, -0.1) is 0 Å². The lowest BCUT2D eigenvalue weighted by molar-refractivity contribution is 0.122. The molecule has 0 aliphatic carbocycles. The molecule has 2 fully saturated rings. The average molecular weight is 460 g/mol. The maximum absolute atomic E-state index is 5.53. The number of benzene rings is 2. The van der Waals surface area contributed by atoms with Crippen molar-refractivity contribution >= 4 is 28.3 Å². The highest BCUT2D eigenvalue weighted by Gasteiger charge is 2.42. The summed E-state index contributed by atoms with van der Waals surface area (Å²) in [7, 11) is 0. The topological polar surface area (TPSA) is 15.7 Å². The van der Waals surface area contributed by atoms with Crippen molar-refractivity contribution in [1.29, 1.82) is 0 Å². The molecule has 0 unspecified atom stereocenters. The molecule has 0 saturated carbocycles. The fourth-order valence-electron chi connectivity index (χ4n) is 5.01. The van der Waals surface area contributed by atoms with Crippen molar-refractivity contribution in [3.63, 3.8) is 0 Å². The summed E-state index contributed by atoms with van der Waals surface area (Å²) in [5.74, 6) is 0. The first kappa shape index (κ1) is 17.0. The van der Waals surface area contributed by atoms with Crippen molar-refractivity contribution in [2.75, 3.05) is 44.3 Å². The highest BCUT2D eigenvalue weighted by molar-refractivity contribution is 14.1. The predicted molar refractivity (Wildman–Crippen MR) is 114 cm³/mol. The zero-order valence-electron chi connectivity index (χ0n) is 15.1. The first-order valence-electron chi connectivity index (χ1n) is 9.69. The van der Waals surface area contributed by atoms with Gasteiger partial charge in [-0.1, -0.05) is 18.2 Å². The normalized spacial score (nSPS) is 27.9. The second-order valence-corrected chi connectivity index (χ2v) is 9.05. The van der Waals surface area contributed by atoms with E-state index in [2.05, 4.69) is 74.9 Å². The fourth-order valence-corrected chi connectivity index (χ4v) is 5.37. The summed E-state index contributed by atoms with van der Waals surface area (Å²) in [5, 5.41) is 0. The van der Waals surface area contributed by atoms with E-state index >= 15 is 0 Å². The van der Waals surface area contributed by atoms with Gasteiger partial charge in [0.25, 0.3) is 0 Å². The molecule has 2 bridgehead atoms. The largest absolute Gasteiger partial charge is 0.378 e. The number of morpholine rings is 1. The summed E-state index contributed by atoms with van der Waals surface area (Å²) in [5.41, 5.74) is 6.15. The number of hydrogen-bond donors (Lipinski definition) is 0. The van der Waals surface area contributed by atoms with Crippen LogP contribution in [-0.4, -0.2) is 44.3 Å². The SMILES string of the molecule is Ic1ccc(C23CCN(CC2)Cc2cc(N4CCOCC4)ccc23)cc1. The molecule has 4 aliphatic heterocycles. The molecular formula is C22H25IN2O. The Morgan fingerprint density at radius 2 is 1.62 bits per heavy atom. The Bertz CT molecular complexity index is 790. The van der Waals surface area contributed by atoms with Gasteiger partial charge in [-0.2, -0.15) is 0 Å². The van der Waals surface area contributed by atoms with Crippen molar-refractivity contribution in [3.05, 3.63) is 62.7 Å². The van der Waals surface area contributed by atoms with Crippen LogP contribution in [0.25, 0.3) is 0 Å². The molecule has 4 heterocycles. The van der Waals surface area contributed by atoms with E-state index in [1.165, 1.54) is 46.3 Å². The first-order chi connectivity index (χ1) is 12.7. The molecule has 0 N–H and O–H groups in total. The molecule has 4 heteroatoms. The number of nitrogens with zero attached hydrogens (tertiary/aromatic N) is 2. The van der Waals surface area contributed by atoms with Gasteiger partial charge in [0.05, 0.1) is 13.2 Å². The van der Waals surface area contributed by atoms with Gasteiger partial charge in [0.2, 0.25) is 0 Å². The third kappa shape index (κ3) is 2.86. The standard InChI is InChI=1S/C22H25IN2O/c23-19-3-1-18(2-4-19)22-7-9-24(10-8-22)16-17-15-20(5-6-21(17)22)25-11-13-26-14-12-25/h1-6,15H,7-14,16H2. The minimum absolute atomic E-state index is 0.191. The number of rotatable bonds is 2. The Kier molecular flexibility index (Phi) is 4.45. The number of halogens is 1. The number of fused-ring (bicyclic) bond motifs is 2. The molecule has 0 aromatic heterocycles. The predicted octanol–water partition coefficient (Wildman–Crippen LogP) is 4.02. The minimum atomic E-state index is 0.191. The van der Waals surface area contributed by atoms with E-state index in [9.17, 15) is 0 Å². The Balaban J connectivity index is 1.59. The second kappa shape index (κ2) is 6.80. The van der Waals surface area contributed by atoms with Crippen LogP contribution in [0.2, 0.25) is 0 Å². The molecule has 26 heavy (non-hydrogen) atoms. The van der Waals surface area contributed by atoms with Gasteiger partial charge in [-0.3, -0.25) is 4.90 Å². The molecule has 3 nitrogen and oxygen atoms in total. The Hall–Kier alpha value is -1.11. The van der Waals surface area contributed by atoms with Crippen molar-refractivity contribution in [3.8, 4) is 0 Å². The Labute approximate surface area is 169 Å². The number of hydrogen-bond acceptors (Lipinski definition) is 3. The van der Waals surface area contributed by atoms with Gasteiger partial charge < -0.3 is 9.64 Å². The van der Waals surface area contributed by atoms with Gasteiger partial charge in [0, 0.05) is 34.3 Å². The van der Waals surface area contributed by atoms with Crippen LogP contribution >= 0.6 is 22.6 Å². The number of ether oxygens (including phenoxy) is 1. The maximum Gasteiger partial charge on any atom is 0.0642 e. The molecule has 0 amide bonds. The van der Waals surface area contributed by atoms with E-state index in [0.717, 1.165) is 32.8 Å². The van der Waals surface area contributed by atoms with E-state index < -0.39 is 0 Å². The third-order valence-corrected chi connectivity index (χ3v) is 7.20. The Morgan fingerprint density at radius 1 is 0.885 bits per heavy atom. The van der Waals surface area contributed by atoms with Crippen LogP contribution in [0, 0.1) is 3.57 Å². The van der Waals surface area contributed by atoms with Crippen molar-refractivity contribution in [2.24, 2.45) is 0 Å². The van der Waals surface area contributed by atoms with Crippen LogP contribution < -0.4 is 4.90 Å². The molecule has 2 saturated heterocycles. The molecule has 0 spiro atoms. The zero-order chi connectivity index (χ0) is 17.6. The van der Waals surface area contributed by atoms with E-state index in [1.807, 2.05) is 0 Å². The lowest BCUT2D eigenvalue weighted by atomic mass is 9.68. The average Bonchev–Trinajstić information content (AvgIpc) is 2.95. The van der Waals surface area contributed by atoms with Crippen LogP contribution in [-0.2, 0) is 16.7 Å². The summed E-state index contributed by atoms with van der Waals surface area (Å²) < 4.78 is 6.85. The number of anilines is 1. The lowest BCUT2D eigenvalue weighted by Gasteiger charge is -2.39. The number of piperidine rings is 1. The van der Waals surface area contributed by atoms with Gasteiger partial charge >= 0.3 is 0 Å². The summed E-state index contributed by atoms with van der Waals surface area (Å²) in [6.45, 7) is 7.20. The van der Waals surface area contributed by atoms with E-state index in [-0.39, 0.29) is 5.41 Å². The maximum atomic E-state index is 5.53. The van der Waals surface area contributed by atoms with E-state index in [0.29, 0.717) is 0 Å². The Morgan fingerprint density at radius 3 is 2.35 bits per heavy atom. The van der Waals surface area contributed by atoms with Crippen LogP contribution in [0.4, 0.5) is 5.69 Å². The molecule has 2 aromatic carbocycles. The van der Waals surface area contributed by atoms with Crippen LogP contribution in [0.1, 0.15) is 29.5 Å². The molecular weight excluding hydrogens is 435 g/mol. The molecule has 0 radical (unpaired) electrons. The molecule has 136 valence electrons. The summed E-state index contributed by atoms with van der Waals surface area (Å²) in [4.78, 5) is 5.11.